The summed E-state index contributed by atoms with van der Waals surface area (Å²) >= 11 is 6.15. The Hall–Kier alpha value is -1.78. The zero-order chi connectivity index (χ0) is 14.8. The molecule has 1 aliphatic heterocycles. The molecule has 2 aromatic rings. The molecule has 2 N–H and O–H groups in total. The van der Waals surface area contributed by atoms with Gasteiger partial charge in [-0.05, 0) is 37.1 Å². The predicted molar refractivity (Wildman–Crippen MR) is 82.3 cm³/mol. The van der Waals surface area contributed by atoms with E-state index in [1.807, 2.05) is 18.2 Å². The van der Waals surface area contributed by atoms with E-state index in [4.69, 9.17) is 21.8 Å². The van der Waals surface area contributed by atoms with Gasteiger partial charge in [0, 0.05) is 24.7 Å². The van der Waals surface area contributed by atoms with Crippen LogP contribution in [0, 0.1) is 0 Å². The molecule has 1 aromatic heterocycles. The van der Waals surface area contributed by atoms with Crippen molar-refractivity contribution in [2.24, 2.45) is 5.73 Å². The molecule has 110 valence electrons. The minimum atomic E-state index is -0.0961. The third-order valence-corrected chi connectivity index (χ3v) is 4.20. The maximum Gasteiger partial charge on any atom is 0.289 e. The van der Waals surface area contributed by atoms with Gasteiger partial charge in [0.1, 0.15) is 5.76 Å². The molecule has 0 bridgehead atoms. The molecule has 1 saturated heterocycles. The molecule has 2 heterocycles. The smallest absolute Gasteiger partial charge is 0.289 e. The summed E-state index contributed by atoms with van der Waals surface area (Å²) in [6, 6.07) is 11.0. The fourth-order valence-corrected chi connectivity index (χ4v) is 2.98. The Morgan fingerprint density at radius 1 is 1.33 bits per heavy atom. The van der Waals surface area contributed by atoms with Gasteiger partial charge in [-0.25, -0.2) is 0 Å². The van der Waals surface area contributed by atoms with Crippen LogP contribution in [0.5, 0.6) is 0 Å². The van der Waals surface area contributed by atoms with Crippen LogP contribution in [0.3, 0.4) is 0 Å². The SMILES string of the molecule is NCC1CCCN1C(=O)c1ccc(-c2ccccc2Cl)o1. The van der Waals surface area contributed by atoms with Crippen LogP contribution in [0.1, 0.15) is 23.4 Å². The van der Waals surface area contributed by atoms with E-state index in [1.165, 1.54) is 0 Å². The second-order valence-corrected chi connectivity index (χ2v) is 5.58. The summed E-state index contributed by atoms with van der Waals surface area (Å²) in [4.78, 5) is 14.3. The number of benzene rings is 1. The molecule has 1 aliphatic rings. The number of furan rings is 1. The van der Waals surface area contributed by atoms with Crippen molar-refractivity contribution in [3.8, 4) is 11.3 Å². The molecule has 5 heteroatoms. The molecule has 1 amide bonds. The highest BCUT2D eigenvalue weighted by molar-refractivity contribution is 6.33. The second kappa shape index (κ2) is 5.92. The van der Waals surface area contributed by atoms with E-state index in [0.29, 0.717) is 23.1 Å². The topological polar surface area (TPSA) is 59.5 Å². The highest BCUT2D eigenvalue weighted by atomic mass is 35.5. The second-order valence-electron chi connectivity index (χ2n) is 5.17. The zero-order valence-electron chi connectivity index (χ0n) is 11.6. The number of likely N-dealkylation sites (tertiary alicyclic amines) is 1. The van der Waals surface area contributed by atoms with Crippen LogP contribution >= 0.6 is 11.6 Å². The molecule has 21 heavy (non-hydrogen) atoms. The first-order chi connectivity index (χ1) is 10.2. The van der Waals surface area contributed by atoms with Crippen molar-refractivity contribution >= 4 is 17.5 Å². The number of halogens is 1. The molecule has 1 aromatic carbocycles. The zero-order valence-corrected chi connectivity index (χ0v) is 12.3. The number of rotatable bonds is 3. The summed E-state index contributed by atoms with van der Waals surface area (Å²) in [6.45, 7) is 1.23. The molecule has 1 atom stereocenters. The molecule has 0 radical (unpaired) electrons. The van der Waals surface area contributed by atoms with E-state index in [-0.39, 0.29) is 11.9 Å². The first kappa shape index (κ1) is 14.2. The van der Waals surface area contributed by atoms with Crippen LogP contribution in [0.4, 0.5) is 0 Å². The van der Waals surface area contributed by atoms with Gasteiger partial charge in [0.25, 0.3) is 5.91 Å². The molecule has 3 rings (SSSR count). The average Bonchev–Trinajstić information content (AvgIpc) is 3.16. The Bertz CT molecular complexity index is 653. The maximum absolute atomic E-state index is 12.5. The van der Waals surface area contributed by atoms with E-state index in [9.17, 15) is 4.79 Å². The summed E-state index contributed by atoms with van der Waals surface area (Å²) < 4.78 is 5.70. The molecular weight excluding hydrogens is 288 g/mol. The summed E-state index contributed by atoms with van der Waals surface area (Å²) in [6.07, 6.45) is 1.95. The summed E-state index contributed by atoms with van der Waals surface area (Å²) in [7, 11) is 0. The summed E-state index contributed by atoms with van der Waals surface area (Å²) in [5.74, 6) is 0.846. The van der Waals surface area contributed by atoms with Crippen LogP contribution in [0.2, 0.25) is 5.02 Å². The highest BCUT2D eigenvalue weighted by Crippen LogP contribution is 2.30. The first-order valence-corrected chi connectivity index (χ1v) is 7.44. The van der Waals surface area contributed by atoms with Crippen molar-refractivity contribution < 1.29 is 9.21 Å². The van der Waals surface area contributed by atoms with Gasteiger partial charge in [0.2, 0.25) is 0 Å². The van der Waals surface area contributed by atoms with Crippen molar-refractivity contribution in [2.45, 2.75) is 18.9 Å². The van der Waals surface area contributed by atoms with Crippen LogP contribution in [0.25, 0.3) is 11.3 Å². The molecular formula is C16H17ClN2O2. The van der Waals surface area contributed by atoms with E-state index in [1.54, 1.807) is 23.1 Å². The fraction of sp³-hybridized carbons (Fsp3) is 0.312. The van der Waals surface area contributed by atoms with Gasteiger partial charge < -0.3 is 15.1 Å². The van der Waals surface area contributed by atoms with Crippen LogP contribution in [0.15, 0.2) is 40.8 Å². The Balaban J connectivity index is 1.85. The lowest BCUT2D eigenvalue weighted by atomic mass is 10.2. The van der Waals surface area contributed by atoms with Crippen LogP contribution < -0.4 is 5.73 Å². The lowest BCUT2D eigenvalue weighted by Crippen LogP contribution is -2.39. The number of carbonyl (C=O) groups excluding carboxylic acids is 1. The van der Waals surface area contributed by atoms with Gasteiger partial charge in [-0.1, -0.05) is 23.7 Å². The van der Waals surface area contributed by atoms with Crippen molar-refractivity contribution in [3.63, 3.8) is 0 Å². The van der Waals surface area contributed by atoms with Gasteiger partial charge in [0.05, 0.1) is 5.02 Å². The summed E-state index contributed by atoms with van der Waals surface area (Å²) in [5.41, 5.74) is 6.50. The normalized spacial score (nSPS) is 18.2. The third kappa shape index (κ3) is 2.69. The number of carbonyl (C=O) groups is 1. The van der Waals surface area contributed by atoms with Gasteiger partial charge in [-0.2, -0.15) is 0 Å². The quantitative estimate of drug-likeness (QED) is 0.947. The number of amides is 1. The number of hydrogen-bond donors (Lipinski definition) is 1. The Labute approximate surface area is 128 Å². The molecule has 0 saturated carbocycles. The van der Waals surface area contributed by atoms with Crippen molar-refractivity contribution in [2.75, 3.05) is 13.1 Å². The Kier molecular flexibility index (Phi) is 3.99. The monoisotopic (exact) mass is 304 g/mol. The highest BCUT2D eigenvalue weighted by Gasteiger charge is 2.30. The molecule has 0 spiro atoms. The number of nitrogens with two attached hydrogens (primary N) is 1. The predicted octanol–water partition coefficient (Wildman–Crippen LogP) is 3.16. The van der Waals surface area contributed by atoms with Gasteiger partial charge >= 0.3 is 0 Å². The standard InChI is InChI=1S/C16H17ClN2O2/c17-13-6-2-1-5-12(13)14-7-8-15(21-14)16(20)19-9-3-4-11(19)10-18/h1-2,5-8,11H,3-4,9-10,18H2. The van der Waals surface area contributed by atoms with Gasteiger partial charge in [-0.15, -0.1) is 0 Å². The summed E-state index contributed by atoms with van der Waals surface area (Å²) in [5, 5.41) is 0.604. The largest absolute Gasteiger partial charge is 0.451 e. The van der Waals surface area contributed by atoms with Crippen molar-refractivity contribution in [3.05, 3.63) is 47.2 Å². The number of nitrogens with zero attached hydrogens (tertiary/aromatic N) is 1. The third-order valence-electron chi connectivity index (χ3n) is 3.87. The maximum atomic E-state index is 12.5. The van der Waals surface area contributed by atoms with Gasteiger partial charge in [-0.3, -0.25) is 4.79 Å². The molecule has 0 aliphatic carbocycles. The van der Waals surface area contributed by atoms with E-state index in [2.05, 4.69) is 0 Å². The molecule has 4 nitrogen and oxygen atoms in total. The van der Waals surface area contributed by atoms with Crippen molar-refractivity contribution in [1.82, 2.24) is 4.90 Å². The van der Waals surface area contributed by atoms with E-state index < -0.39 is 0 Å². The van der Waals surface area contributed by atoms with E-state index in [0.717, 1.165) is 24.9 Å². The first-order valence-electron chi connectivity index (χ1n) is 7.06. The van der Waals surface area contributed by atoms with Crippen LogP contribution in [-0.2, 0) is 0 Å². The van der Waals surface area contributed by atoms with Crippen molar-refractivity contribution in [1.29, 1.82) is 0 Å². The minimum Gasteiger partial charge on any atom is -0.451 e. The minimum absolute atomic E-state index is 0.0961. The lowest BCUT2D eigenvalue weighted by molar-refractivity contribution is 0.0710. The average molecular weight is 305 g/mol. The Morgan fingerprint density at radius 2 is 2.14 bits per heavy atom. The molecule has 1 unspecified atom stereocenters. The number of hydrogen-bond acceptors (Lipinski definition) is 3. The lowest BCUT2D eigenvalue weighted by Gasteiger charge is -2.22. The molecule has 1 fully saturated rings. The van der Waals surface area contributed by atoms with Gasteiger partial charge in [0.15, 0.2) is 5.76 Å². The Morgan fingerprint density at radius 3 is 2.90 bits per heavy atom. The fourth-order valence-electron chi connectivity index (χ4n) is 2.75. The van der Waals surface area contributed by atoms with E-state index >= 15 is 0 Å². The van der Waals surface area contributed by atoms with Crippen LogP contribution in [-0.4, -0.2) is 29.9 Å².